The molecule has 0 fully saturated rings. The highest BCUT2D eigenvalue weighted by Crippen LogP contribution is 2.41. The van der Waals surface area contributed by atoms with E-state index in [1.807, 2.05) is 24.3 Å². The Labute approximate surface area is 194 Å². The summed E-state index contributed by atoms with van der Waals surface area (Å²) in [5, 5.41) is 15.5. The fraction of sp³-hybridized carbons (Fsp3) is 0.172. The maximum Gasteiger partial charge on any atom is 0.117 e. The van der Waals surface area contributed by atoms with Crippen LogP contribution < -0.4 is 5.32 Å². The highest BCUT2D eigenvalue weighted by atomic mass is 16.3. The van der Waals surface area contributed by atoms with Crippen molar-refractivity contribution in [2.75, 3.05) is 6.54 Å². The normalized spacial score (nSPS) is 12.3. The number of fused-ring (bicyclic) bond motifs is 1. The van der Waals surface area contributed by atoms with Gasteiger partial charge in [-0.05, 0) is 42.3 Å². The molecule has 3 aromatic carbocycles. The van der Waals surface area contributed by atoms with E-state index in [9.17, 15) is 5.11 Å². The number of furan rings is 1. The predicted octanol–water partition coefficient (Wildman–Crippen LogP) is 6.03. The van der Waals surface area contributed by atoms with Crippen LogP contribution in [0.5, 0.6) is 0 Å². The fourth-order valence-corrected chi connectivity index (χ4v) is 4.50. The Morgan fingerprint density at radius 3 is 2.30 bits per heavy atom. The van der Waals surface area contributed by atoms with Crippen molar-refractivity contribution in [1.29, 1.82) is 0 Å². The van der Waals surface area contributed by atoms with Gasteiger partial charge in [-0.2, -0.15) is 0 Å². The van der Waals surface area contributed by atoms with Gasteiger partial charge in [0.1, 0.15) is 5.76 Å². The summed E-state index contributed by atoms with van der Waals surface area (Å²) in [4.78, 5) is 0. The summed E-state index contributed by atoms with van der Waals surface area (Å²) in [6.07, 6.45) is 1.11. The number of hydrogen-bond donors (Lipinski definition) is 2. The molecule has 4 heteroatoms. The molecular formula is C29H28N2O2. The van der Waals surface area contributed by atoms with Crippen LogP contribution in [0.15, 0.2) is 102 Å². The Bertz CT molecular complexity index is 1320. The van der Waals surface area contributed by atoms with E-state index in [1.54, 1.807) is 6.26 Å². The highest BCUT2D eigenvalue weighted by Gasteiger charge is 2.21. The monoisotopic (exact) mass is 436 g/mol. The molecule has 0 radical (unpaired) electrons. The first-order valence-electron chi connectivity index (χ1n) is 11.4. The van der Waals surface area contributed by atoms with E-state index >= 15 is 0 Å². The van der Waals surface area contributed by atoms with Gasteiger partial charge in [0.15, 0.2) is 0 Å². The molecule has 5 aromatic rings. The Morgan fingerprint density at radius 2 is 1.61 bits per heavy atom. The molecule has 1 atom stereocenters. The van der Waals surface area contributed by atoms with Crippen molar-refractivity contribution in [1.82, 2.24) is 9.88 Å². The lowest BCUT2D eigenvalue weighted by molar-refractivity contribution is 0.152. The average Bonchev–Trinajstić information content (AvgIpc) is 3.46. The van der Waals surface area contributed by atoms with Crippen LogP contribution >= 0.6 is 0 Å². The van der Waals surface area contributed by atoms with Crippen LogP contribution in [0.25, 0.3) is 33.3 Å². The Kier molecular flexibility index (Phi) is 6.11. The zero-order chi connectivity index (χ0) is 22.6. The van der Waals surface area contributed by atoms with E-state index in [0.29, 0.717) is 19.6 Å². The number of nitrogens with one attached hydrogen (secondary N) is 1. The molecule has 2 N–H and O–H groups in total. The van der Waals surface area contributed by atoms with Gasteiger partial charge in [0, 0.05) is 23.0 Å². The van der Waals surface area contributed by atoms with Gasteiger partial charge in [0.05, 0.1) is 31.2 Å². The topological polar surface area (TPSA) is 50.3 Å². The van der Waals surface area contributed by atoms with Crippen LogP contribution in [0.2, 0.25) is 0 Å². The average molecular weight is 437 g/mol. The minimum absolute atomic E-state index is 0.473. The fourth-order valence-electron chi connectivity index (χ4n) is 4.50. The second kappa shape index (κ2) is 9.49. The van der Waals surface area contributed by atoms with Gasteiger partial charge < -0.3 is 19.4 Å². The molecule has 0 saturated carbocycles. The first kappa shape index (κ1) is 21.3. The van der Waals surface area contributed by atoms with E-state index in [2.05, 4.69) is 83.5 Å². The number of aliphatic hydroxyl groups is 1. The molecule has 5 rings (SSSR count). The summed E-state index contributed by atoms with van der Waals surface area (Å²) in [5.41, 5.74) is 7.00. The summed E-state index contributed by atoms with van der Waals surface area (Å²) in [6, 6.07) is 31.4. The quantitative estimate of drug-likeness (QED) is 0.312. The van der Waals surface area contributed by atoms with Gasteiger partial charge in [-0.3, -0.25) is 0 Å². The second-order valence-corrected chi connectivity index (χ2v) is 8.45. The molecule has 0 saturated heterocycles. The van der Waals surface area contributed by atoms with Crippen molar-refractivity contribution in [3.05, 3.63) is 109 Å². The summed E-state index contributed by atoms with van der Waals surface area (Å²) in [7, 11) is 0. The molecule has 2 heterocycles. The second-order valence-electron chi connectivity index (χ2n) is 8.45. The standard InChI is InChI=1S/C29H28N2O2/c1-21-14-15-27-26(17-21)28(22-9-4-2-5-10-22)29(23-11-6-3-7-12-23)31(27)20-24(32)18-30-19-25-13-8-16-33-25/h2-17,24,30,32H,18-20H2,1H3. The molecule has 0 bridgehead atoms. The molecule has 4 nitrogen and oxygen atoms in total. The van der Waals surface area contributed by atoms with Crippen molar-refractivity contribution in [2.45, 2.75) is 26.1 Å². The molecule has 0 aliphatic rings. The molecule has 0 aliphatic carbocycles. The van der Waals surface area contributed by atoms with Crippen LogP contribution in [0, 0.1) is 6.92 Å². The van der Waals surface area contributed by atoms with Gasteiger partial charge in [-0.1, -0.05) is 72.3 Å². The lowest BCUT2D eigenvalue weighted by Crippen LogP contribution is -2.30. The van der Waals surface area contributed by atoms with Crippen molar-refractivity contribution >= 4 is 10.9 Å². The number of rotatable bonds is 8. The molecular weight excluding hydrogens is 408 g/mol. The Hall–Kier alpha value is -3.60. The molecule has 0 aliphatic heterocycles. The van der Waals surface area contributed by atoms with E-state index in [-0.39, 0.29) is 0 Å². The van der Waals surface area contributed by atoms with Gasteiger partial charge >= 0.3 is 0 Å². The minimum atomic E-state index is -0.553. The third-order valence-electron chi connectivity index (χ3n) is 5.98. The van der Waals surface area contributed by atoms with Crippen molar-refractivity contribution in [2.24, 2.45) is 0 Å². The Balaban J connectivity index is 1.58. The van der Waals surface area contributed by atoms with E-state index < -0.39 is 6.10 Å². The molecule has 33 heavy (non-hydrogen) atoms. The smallest absolute Gasteiger partial charge is 0.117 e. The molecule has 0 spiro atoms. The predicted molar refractivity (Wildman–Crippen MR) is 134 cm³/mol. The van der Waals surface area contributed by atoms with Crippen LogP contribution in [0.4, 0.5) is 0 Å². The van der Waals surface area contributed by atoms with Gasteiger partial charge in [-0.15, -0.1) is 0 Å². The van der Waals surface area contributed by atoms with Gasteiger partial charge in [0.2, 0.25) is 0 Å². The third-order valence-corrected chi connectivity index (χ3v) is 5.98. The number of aromatic nitrogens is 1. The van der Waals surface area contributed by atoms with E-state index in [1.165, 1.54) is 22.1 Å². The van der Waals surface area contributed by atoms with Gasteiger partial charge in [0.25, 0.3) is 0 Å². The number of nitrogens with zero attached hydrogens (tertiary/aromatic N) is 1. The van der Waals surface area contributed by atoms with Crippen LogP contribution in [0.1, 0.15) is 11.3 Å². The number of aryl methyl sites for hydroxylation is 1. The Morgan fingerprint density at radius 1 is 0.879 bits per heavy atom. The lowest BCUT2D eigenvalue weighted by atomic mass is 9.98. The molecule has 2 aromatic heterocycles. The SMILES string of the molecule is Cc1ccc2c(c1)c(-c1ccccc1)c(-c1ccccc1)n2CC(O)CNCc1ccco1. The van der Waals surface area contributed by atoms with Crippen molar-refractivity contribution < 1.29 is 9.52 Å². The van der Waals surface area contributed by atoms with E-state index in [0.717, 1.165) is 22.5 Å². The number of aliphatic hydroxyl groups excluding tert-OH is 1. The maximum atomic E-state index is 11.0. The zero-order valence-electron chi connectivity index (χ0n) is 18.7. The first-order valence-corrected chi connectivity index (χ1v) is 11.4. The summed E-state index contributed by atoms with van der Waals surface area (Å²) in [6.45, 7) is 3.68. The summed E-state index contributed by atoms with van der Waals surface area (Å²) >= 11 is 0. The highest BCUT2D eigenvalue weighted by molar-refractivity contribution is 6.04. The molecule has 0 amide bonds. The molecule has 166 valence electrons. The van der Waals surface area contributed by atoms with Crippen molar-refractivity contribution in [3.8, 4) is 22.4 Å². The summed E-state index contributed by atoms with van der Waals surface area (Å²) < 4.78 is 7.65. The zero-order valence-corrected chi connectivity index (χ0v) is 18.7. The van der Waals surface area contributed by atoms with Crippen LogP contribution in [-0.2, 0) is 13.1 Å². The van der Waals surface area contributed by atoms with Crippen LogP contribution in [0.3, 0.4) is 0 Å². The largest absolute Gasteiger partial charge is 0.468 e. The van der Waals surface area contributed by atoms with Gasteiger partial charge in [-0.25, -0.2) is 0 Å². The maximum absolute atomic E-state index is 11.0. The summed E-state index contributed by atoms with van der Waals surface area (Å²) in [5.74, 6) is 0.862. The number of benzene rings is 3. The number of hydrogen-bond acceptors (Lipinski definition) is 3. The third kappa shape index (κ3) is 4.49. The van der Waals surface area contributed by atoms with E-state index in [4.69, 9.17) is 4.42 Å². The van der Waals surface area contributed by atoms with Crippen molar-refractivity contribution in [3.63, 3.8) is 0 Å². The molecule has 1 unspecified atom stereocenters. The minimum Gasteiger partial charge on any atom is -0.468 e. The first-order chi connectivity index (χ1) is 16.2. The lowest BCUT2D eigenvalue weighted by Gasteiger charge is -2.17. The van der Waals surface area contributed by atoms with Crippen LogP contribution in [-0.4, -0.2) is 22.3 Å².